The molecule has 0 aliphatic carbocycles. The summed E-state index contributed by atoms with van der Waals surface area (Å²) in [5, 5.41) is 10.6. The second-order valence-electron chi connectivity index (χ2n) is 3.75. The number of aromatic nitrogens is 4. The van der Waals surface area contributed by atoms with Crippen molar-refractivity contribution in [1.82, 2.24) is 20.2 Å². The van der Waals surface area contributed by atoms with E-state index in [9.17, 15) is 4.79 Å². The Balaban J connectivity index is 1.91. The molecule has 1 amide bonds. The van der Waals surface area contributed by atoms with E-state index in [-0.39, 0.29) is 5.91 Å². The number of aromatic amines is 1. The molecule has 0 aliphatic heterocycles. The Morgan fingerprint density at radius 1 is 1.44 bits per heavy atom. The number of anilines is 1. The SMILES string of the molecule is Cc1nc2ccc(C(=O)Nc3nncs3)cc2[nH]1. The van der Waals surface area contributed by atoms with Crippen LogP contribution in [-0.4, -0.2) is 26.1 Å². The Morgan fingerprint density at radius 3 is 3.11 bits per heavy atom. The van der Waals surface area contributed by atoms with Crippen LogP contribution in [0.25, 0.3) is 11.0 Å². The number of H-pyrrole nitrogens is 1. The van der Waals surface area contributed by atoms with Crippen LogP contribution >= 0.6 is 11.3 Å². The fourth-order valence-electron chi connectivity index (χ4n) is 1.68. The first kappa shape index (κ1) is 10.8. The predicted molar refractivity (Wildman–Crippen MR) is 68.7 cm³/mol. The van der Waals surface area contributed by atoms with Crippen molar-refractivity contribution in [2.75, 3.05) is 5.32 Å². The van der Waals surface area contributed by atoms with Gasteiger partial charge in [-0.25, -0.2) is 4.98 Å². The molecule has 0 unspecified atom stereocenters. The van der Waals surface area contributed by atoms with Crippen molar-refractivity contribution in [2.24, 2.45) is 0 Å². The molecule has 3 rings (SSSR count). The normalized spacial score (nSPS) is 10.7. The van der Waals surface area contributed by atoms with Crippen LogP contribution in [-0.2, 0) is 0 Å². The number of carbonyl (C=O) groups is 1. The van der Waals surface area contributed by atoms with Crippen molar-refractivity contribution in [3.8, 4) is 0 Å². The molecule has 2 N–H and O–H groups in total. The van der Waals surface area contributed by atoms with Gasteiger partial charge in [0.15, 0.2) is 0 Å². The predicted octanol–water partition coefficient (Wildman–Crippen LogP) is 1.98. The monoisotopic (exact) mass is 259 g/mol. The Hall–Kier alpha value is -2.28. The number of imidazole rings is 1. The number of amides is 1. The second kappa shape index (κ2) is 4.19. The summed E-state index contributed by atoms with van der Waals surface area (Å²) in [6.45, 7) is 1.88. The zero-order chi connectivity index (χ0) is 12.5. The van der Waals surface area contributed by atoms with Crippen LogP contribution in [0.15, 0.2) is 23.7 Å². The average molecular weight is 259 g/mol. The minimum atomic E-state index is -0.207. The van der Waals surface area contributed by atoms with Gasteiger partial charge in [-0.1, -0.05) is 11.3 Å². The first-order chi connectivity index (χ1) is 8.72. The highest BCUT2D eigenvalue weighted by atomic mass is 32.1. The largest absolute Gasteiger partial charge is 0.342 e. The van der Waals surface area contributed by atoms with Crippen molar-refractivity contribution in [1.29, 1.82) is 0 Å². The maximum Gasteiger partial charge on any atom is 0.257 e. The lowest BCUT2D eigenvalue weighted by atomic mass is 10.2. The fraction of sp³-hybridized carbons (Fsp3) is 0.0909. The number of nitrogens with one attached hydrogen (secondary N) is 2. The van der Waals surface area contributed by atoms with Crippen molar-refractivity contribution < 1.29 is 4.79 Å². The molecule has 3 aromatic rings. The van der Waals surface area contributed by atoms with Crippen LogP contribution in [0.4, 0.5) is 5.13 Å². The summed E-state index contributed by atoms with van der Waals surface area (Å²) in [7, 11) is 0. The smallest absolute Gasteiger partial charge is 0.257 e. The van der Waals surface area contributed by atoms with E-state index in [0.29, 0.717) is 10.7 Å². The number of rotatable bonds is 2. The van der Waals surface area contributed by atoms with Gasteiger partial charge in [-0.05, 0) is 25.1 Å². The Labute approximate surface area is 106 Å². The zero-order valence-corrected chi connectivity index (χ0v) is 10.3. The summed E-state index contributed by atoms with van der Waals surface area (Å²) >= 11 is 1.28. The van der Waals surface area contributed by atoms with E-state index in [1.807, 2.05) is 13.0 Å². The lowest BCUT2D eigenvalue weighted by molar-refractivity contribution is 0.102. The number of hydrogen-bond acceptors (Lipinski definition) is 5. The zero-order valence-electron chi connectivity index (χ0n) is 9.47. The standard InChI is InChI=1S/C11H9N5OS/c1-6-13-8-3-2-7(4-9(8)14-6)10(17)15-11-16-12-5-18-11/h2-5H,1H3,(H,13,14)(H,15,16,17). The minimum absolute atomic E-state index is 0.207. The highest BCUT2D eigenvalue weighted by Crippen LogP contribution is 2.15. The van der Waals surface area contributed by atoms with Gasteiger partial charge >= 0.3 is 0 Å². The highest BCUT2D eigenvalue weighted by Gasteiger charge is 2.09. The van der Waals surface area contributed by atoms with Gasteiger partial charge in [0.1, 0.15) is 11.3 Å². The summed E-state index contributed by atoms with van der Waals surface area (Å²) in [6.07, 6.45) is 0. The molecule has 0 saturated heterocycles. The Bertz CT molecular complexity index is 703. The summed E-state index contributed by atoms with van der Waals surface area (Å²) in [6, 6.07) is 5.32. The number of fused-ring (bicyclic) bond motifs is 1. The van der Waals surface area contributed by atoms with Crippen molar-refractivity contribution in [3.05, 3.63) is 35.1 Å². The number of benzene rings is 1. The van der Waals surface area contributed by atoms with Gasteiger partial charge in [0.25, 0.3) is 5.91 Å². The fourth-order valence-corrected chi connectivity index (χ4v) is 2.12. The molecule has 2 aromatic heterocycles. The maximum atomic E-state index is 12.0. The Kier molecular flexibility index (Phi) is 2.52. The average Bonchev–Trinajstić information content (AvgIpc) is 2.95. The van der Waals surface area contributed by atoms with Gasteiger partial charge in [-0.3, -0.25) is 10.1 Å². The topological polar surface area (TPSA) is 83.6 Å². The number of carbonyl (C=O) groups excluding carboxylic acids is 1. The molecule has 1 aromatic carbocycles. The lowest BCUT2D eigenvalue weighted by Gasteiger charge is -2.00. The molecule has 0 fully saturated rings. The number of hydrogen-bond donors (Lipinski definition) is 2. The van der Waals surface area contributed by atoms with Crippen LogP contribution in [0, 0.1) is 6.92 Å². The summed E-state index contributed by atoms with van der Waals surface area (Å²) in [4.78, 5) is 19.3. The van der Waals surface area contributed by atoms with E-state index >= 15 is 0 Å². The summed E-state index contributed by atoms with van der Waals surface area (Å²) in [5.41, 5.74) is 3.82. The van der Waals surface area contributed by atoms with Crippen LogP contribution in [0.3, 0.4) is 0 Å². The number of nitrogens with zero attached hydrogens (tertiary/aromatic N) is 3. The second-order valence-corrected chi connectivity index (χ2v) is 4.59. The van der Waals surface area contributed by atoms with E-state index in [2.05, 4.69) is 25.5 Å². The molecule has 0 atom stereocenters. The first-order valence-electron chi connectivity index (χ1n) is 5.26. The third-order valence-electron chi connectivity index (χ3n) is 2.44. The van der Waals surface area contributed by atoms with Crippen LogP contribution < -0.4 is 5.32 Å². The van der Waals surface area contributed by atoms with E-state index < -0.39 is 0 Å². The highest BCUT2D eigenvalue weighted by molar-refractivity contribution is 7.13. The molecule has 0 saturated carbocycles. The van der Waals surface area contributed by atoms with E-state index in [1.54, 1.807) is 17.6 Å². The molecule has 90 valence electrons. The van der Waals surface area contributed by atoms with Gasteiger partial charge in [0.05, 0.1) is 11.0 Å². The molecule has 0 spiro atoms. The molecule has 7 heteroatoms. The van der Waals surface area contributed by atoms with Crippen LogP contribution in [0.1, 0.15) is 16.2 Å². The third-order valence-corrected chi connectivity index (χ3v) is 3.05. The Morgan fingerprint density at radius 2 is 2.33 bits per heavy atom. The molecule has 0 aliphatic rings. The lowest BCUT2D eigenvalue weighted by Crippen LogP contribution is -2.11. The van der Waals surface area contributed by atoms with E-state index in [1.165, 1.54) is 11.3 Å². The van der Waals surface area contributed by atoms with Crippen molar-refractivity contribution in [3.63, 3.8) is 0 Å². The van der Waals surface area contributed by atoms with Crippen molar-refractivity contribution >= 4 is 33.4 Å². The van der Waals surface area contributed by atoms with Crippen LogP contribution in [0.2, 0.25) is 0 Å². The number of aryl methyl sites for hydroxylation is 1. The van der Waals surface area contributed by atoms with Gasteiger partial charge in [0, 0.05) is 5.56 Å². The van der Waals surface area contributed by atoms with Gasteiger partial charge in [-0.15, -0.1) is 10.2 Å². The van der Waals surface area contributed by atoms with Crippen molar-refractivity contribution in [2.45, 2.75) is 6.92 Å². The van der Waals surface area contributed by atoms with E-state index in [0.717, 1.165) is 16.9 Å². The summed E-state index contributed by atoms with van der Waals surface area (Å²) in [5.74, 6) is 0.618. The van der Waals surface area contributed by atoms with Gasteiger partial charge < -0.3 is 4.98 Å². The minimum Gasteiger partial charge on any atom is -0.342 e. The quantitative estimate of drug-likeness (QED) is 0.737. The maximum absolute atomic E-state index is 12.0. The molecular formula is C11H9N5OS. The third kappa shape index (κ3) is 1.95. The molecule has 0 bridgehead atoms. The van der Waals surface area contributed by atoms with E-state index in [4.69, 9.17) is 0 Å². The van der Waals surface area contributed by atoms with Crippen LogP contribution in [0.5, 0.6) is 0 Å². The van der Waals surface area contributed by atoms with Gasteiger partial charge in [0.2, 0.25) is 5.13 Å². The molecule has 18 heavy (non-hydrogen) atoms. The molecule has 2 heterocycles. The molecular weight excluding hydrogens is 250 g/mol. The first-order valence-corrected chi connectivity index (χ1v) is 6.14. The van der Waals surface area contributed by atoms with Gasteiger partial charge in [-0.2, -0.15) is 0 Å². The molecule has 0 radical (unpaired) electrons. The molecule has 6 nitrogen and oxygen atoms in total. The summed E-state index contributed by atoms with van der Waals surface area (Å²) < 4.78 is 0.